The number of benzene rings is 2. The van der Waals surface area contributed by atoms with E-state index in [4.69, 9.17) is 4.74 Å². The Hall–Kier alpha value is -3.88. The summed E-state index contributed by atoms with van der Waals surface area (Å²) >= 11 is 0. The van der Waals surface area contributed by atoms with Gasteiger partial charge in [0.2, 0.25) is 17.7 Å². The number of fused-ring (bicyclic) bond motifs is 1. The van der Waals surface area contributed by atoms with E-state index in [1.54, 1.807) is 34.1 Å². The van der Waals surface area contributed by atoms with E-state index in [2.05, 4.69) is 22.8 Å². The summed E-state index contributed by atoms with van der Waals surface area (Å²) in [4.78, 5) is 57.5. The number of carbonyl (C=O) groups excluding carboxylic acids is 4. The molecule has 0 saturated carbocycles. The normalized spacial score (nSPS) is 21.2. The summed E-state index contributed by atoms with van der Waals surface area (Å²) in [5.74, 6) is -0.392. The Labute approximate surface area is 249 Å². The summed E-state index contributed by atoms with van der Waals surface area (Å²) in [6.07, 6.45) is 2.86. The molecule has 0 unspecified atom stereocenters. The SMILES string of the molecule is CCN1CCOc2ccccc2C(=O)N[C@H](C(=O)N2CCC(Cc3ccccc3)CC2)CC(=O)N[C@H](CC(C)C)C1=O. The summed E-state index contributed by atoms with van der Waals surface area (Å²) in [5.41, 5.74) is 1.56. The van der Waals surface area contributed by atoms with Crippen molar-refractivity contribution in [2.75, 3.05) is 32.8 Å². The monoisotopic (exact) mass is 576 g/mol. The van der Waals surface area contributed by atoms with Crippen molar-refractivity contribution in [2.24, 2.45) is 11.8 Å². The standard InChI is InChI=1S/C33H44N4O5/c1-4-36-18-19-42-29-13-9-8-12-26(29)31(39)35-28(22-30(38)34-27(32(36)40)20-23(2)3)33(41)37-16-14-25(15-17-37)21-24-10-6-5-7-11-24/h5-13,23,25,27-28H,4,14-22H2,1-3H3,(H,34,38)(H,35,39)/t27-,28+/m1/s1. The van der Waals surface area contributed by atoms with Crippen LogP contribution < -0.4 is 15.4 Å². The van der Waals surface area contributed by atoms with Crippen molar-refractivity contribution in [2.45, 2.75) is 65.0 Å². The maximum Gasteiger partial charge on any atom is 0.255 e. The fraction of sp³-hybridized carbons (Fsp3) is 0.515. The predicted octanol–water partition coefficient (Wildman–Crippen LogP) is 3.43. The Morgan fingerprint density at radius 3 is 2.33 bits per heavy atom. The fourth-order valence-corrected chi connectivity index (χ4v) is 5.78. The van der Waals surface area contributed by atoms with Gasteiger partial charge in [0.05, 0.1) is 18.5 Å². The molecular formula is C33H44N4O5. The van der Waals surface area contributed by atoms with Crippen LogP contribution in [0.2, 0.25) is 0 Å². The van der Waals surface area contributed by atoms with Gasteiger partial charge in [0.1, 0.15) is 24.4 Å². The Bertz CT molecular complexity index is 1230. The van der Waals surface area contributed by atoms with Gasteiger partial charge in [0, 0.05) is 19.6 Å². The van der Waals surface area contributed by atoms with Crippen LogP contribution in [0.4, 0.5) is 0 Å². The van der Waals surface area contributed by atoms with Crippen LogP contribution in [0.25, 0.3) is 0 Å². The molecule has 0 spiro atoms. The van der Waals surface area contributed by atoms with E-state index in [0.29, 0.717) is 44.3 Å². The lowest BCUT2D eigenvalue weighted by molar-refractivity contribution is -0.139. The molecule has 9 heteroatoms. The quantitative estimate of drug-likeness (QED) is 0.548. The van der Waals surface area contributed by atoms with E-state index in [1.165, 1.54) is 5.56 Å². The van der Waals surface area contributed by atoms with E-state index in [1.807, 2.05) is 39.0 Å². The van der Waals surface area contributed by atoms with Crippen molar-refractivity contribution < 1.29 is 23.9 Å². The smallest absolute Gasteiger partial charge is 0.255 e. The van der Waals surface area contributed by atoms with E-state index in [0.717, 1.165) is 19.3 Å². The number of piperidine rings is 1. The number of likely N-dealkylation sites (tertiary alicyclic amines) is 1. The molecule has 2 aromatic rings. The number of hydrogen-bond acceptors (Lipinski definition) is 5. The van der Waals surface area contributed by atoms with Crippen molar-refractivity contribution >= 4 is 23.6 Å². The zero-order chi connectivity index (χ0) is 30.1. The molecule has 2 heterocycles. The molecule has 4 rings (SSSR count). The summed E-state index contributed by atoms with van der Waals surface area (Å²) in [5, 5.41) is 5.71. The average Bonchev–Trinajstić information content (AvgIpc) is 2.98. The molecule has 0 aromatic heterocycles. The molecule has 2 aromatic carbocycles. The Morgan fingerprint density at radius 2 is 1.64 bits per heavy atom. The molecule has 2 atom stereocenters. The highest BCUT2D eigenvalue weighted by molar-refractivity contribution is 6.01. The first-order valence-corrected chi connectivity index (χ1v) is 15.2. The first-order valence-electron chi connectivity index (χ1n) is 15.2. The molecule has 4 amide bonds. The maximum atomic E-state index is 13.8. The third kappa shape index (κ3) is 8.33. The van der Waals surface area contributed by atoms with Gasteiger partial charge in [-0.3, -0.25) is 19.2 Å². The van der Waals surface area contributed by atoms with Crippen LogP contribution in [-0.2, 0) is 20.8 Å². The Kier molecular flexibility index (Phi) is 11.0. The minimum Gasteiger partial charge on any atom is -0.491 e. The zero-order valence-electron chi connectivity index (χ0n) is 25.0. The molecule has 1 fully saturated rings. The van der Waals surface area contributed by atoms with E-state index in [-0.39, 0.29) is 36.3 Å². The molecule has 226 valence electrons. The number of para-hydroxylation sites is 1. The number of hydrogen-bond donors (Lipinski definition) is 2. The zero-order valence-corrected chi connectivity index (χ0v) is 25.0. The van der Waals surface area contributed by atoms with Crippen molar-refractivity contribution in [3.8, 4) is 5.75 Å². The average molecular weight is 577 g/mol. The fourth-order valence-electron chi connectivity index (χ4n) is 5.78. The number of ether oxygens (including phenoxy) is 1. The van der Waals surface area contributed by atoms with Crippen LogP contribution in [0.5, 0.6) is 5.75 Å². The van der Waals surface area contributed by atoms with Gasteiger partial charge >= 0.3 is 0 Å². The van der Waals surface area contributed by atoms with E-state index >= 15 is 0 Å². The molecule has 0 aliphatic carbocycles. The lowest BCUT2D eigenvalue weighted by atomic mass is 9.90. The molecule has 1 saturated heterocycles. The van der Waals surface area contributed by atoms with Gasteiger partial charge in [-0.2, -0.15) is 0 Å². The topological polar surface area (TPSA) is 108 Å². The molecule has 0 radical (unpaired) electrons. The molecule has 0 bridgehead atoms. The molecule has 2 aliphatic heterocycles. The highest BCUT2D eigenvalue weighted by Gasteiger charge is 2.34. The van der Waals surface area contributed by atoms with Crippen LogP contribution in [0.1, 0.15) is 62.4 Å². The van der Waals surface area contributed by atoms with E-state index in [9.17, 15) is 19.2 Å². The number of amides is 4. The highest BCUT2D eigenvalue weighted by atomic mass is 16.5. The van der Waals surface area contributed by atoms with Gasteiger partial charge in [-0.15, -0.1) is 0 Å². The van der Waals surface area contributed by atoms with Crippen LogP contribution in [0.15, 0.2) is 54.6 Å². The second-order valence-corrected chi connectivity index (χ2v) is 11.7. The molecule has 9 nitrogen and oxygen atoms in total. The first-order chi connectivity index (χ1) is 20.2. The van der Waals surface area contributed by atoms with Gasteiger partial charge in [-0.05, 0) is 62.1 Å². The van der Waals surface area contributed by atoms with E-state index < -0.39 is 23.9 Å². The summed E-state index contributed by atoms with van der Waals surface area (Å²) < 4.78 is 5.96. The van der Waals surface area contributed by atoms with Crippen LogP contribution in [0, 0.1) is 11.8 Å². The van der Waals surface area contributed by atoms with Crippen molar-refractivity contribution in [1.29, 1.82) is 0 Å². The predicted molar refractivity (Wildman–Crippen MR) is 161 cm³/mol. The van der Waals surface area contributed by atoms with Gasteiger partial charge in [0.15, 0.2) is 0 Å². The second kappa shape index (κ2) is 14.8. The highest BCUT2D eigenvalue weighted by Crippen LogP contribution is 2.23. The number of nitrogens with zero attached hydrogens (tertiary/aromatic N) is 2. The Balaban J connectivity index is 1.54. The minimum absolute atomic E-state index is 0.161. The number of rotatable bonds is 6. The van der Waals surface area contributed by atoms with Crippen molar-refractivity contribution in [3.05, 3.63) is 65.7 Å². The number of carbonyl (C=O) groups is 4. The van der Waals surface area contributed by atoms with Crippen LogP contribution in [-0.4, -0.2) is 78.3 Å². The molecule has 2 N–H and O–H groups in total. The molecular weight excluding hydrogens is 532 g/mol. The number of nitrogens with one attached hydrogen (secondary N) is 2. The van der Waals surface area contributed by atoms with Crippen LogP contribution >= 0.6 is 0 Å². The maximum absolute atomic E-state index is 13.8. The minimum atomic E-state index is -1.07. The third-order valence-electron chi connectivity index (χ3n) is 8.07. The lowest BCUT2D eigenvalue weighted by Gasteiger charge is -2.35. The van der Waals surface area contributed by atoms with Gasteiger partial charge in [-0.25, -0.2) is 0 Å². The van der Waals surface area contributed by atoms with Crippen molar-refractivity contribution in [1.82, 2.24) is 20.4 Å². The summed E-state index contributed by atoms with van der Waals surface area (Å²) in [7, 11) is 0. The Morgan fingerprint density at radius 1 is 0.952 bits per heavy atom. The number of likely N-dealkylation sites (N-methyl/N-ethyl adjacent to an activating group) is 1. The summed E-state index contributed by atoms with van der Waals surface area (Å²) in [6, 6.07) is 15.4. The third-order valence-corrected chi connectivity index (χ3v) is 8.07. The lowest BCUT2D eigenvalue weighted by Crippen LogP contribution is -2.55. The van der Waals surface area contributed by atoms with Gasteiger partial charge in [0.25, 0.3) is 5.91 Å². The second-order valence-electron chi connectivity index (χ2n) is 11.7. The van der Waals surface area contributed by atoms with Crippen molar-refractivity contribution in [3.63, 3.8) is 0 Å². The van der Waals surface area contributed by atoms with Gasteiger partial charge in [-0.1, -0.05) is 56.3 Å². The first kappa shape index (κ1) is 31.1. The summed E-state index contributed by atoms with van der Waals surface area (Å²) in [6.45, 7) is 7.95. The molecule has 2 aliphatic rings. The molecule has 42 heavy (non-hydrogen) atoms. The van der Waals surface area contributed by atoms with Gasteiger partial charge < -0.3 is 25.2 Å². The van der Waals surface area contributed by atoms with Crippen LogP contribution in [0.3, 0.4) is 0 Å². The largest absolute Gasteiger partial charge is 0.491 e.